The summed E-state index contributed by atoms with van der Waals surface area (Å²) in [7, 11) is 0. The SMILES string of the molecule is CC1(C)OCC(CCn2c(N)nc3cncnc32)CO1. The minimum atomic E-state index is -0.468. The van der Waals surface area contributed by atoms with E-state index in [1.54, 1.807) is 6.20 Å². The topological polar surface area (TPSA) is 88.1 Å². The van der Waals surface area contributed by atoms with Gasteiger partial charge in [-0.3, -0.25) is 4.57 Å². The van der Waals surface area contributed by atoms with Gasteiger partial charge < -0.3 is 15.2 Å². The summed E-state index contributed by atoms with van der Waals surface area (Å²) < 4.78 is 13.2. The molecule has 0 bridgehead atoms. The first kappa shape index (κ1) is 13.3. The molecule has 2 aromatic heterocycles. The number of nitrogen functional groups attached to an aromatic ring is 1. The molecule has 1 aliphatic heterocycles. The number of ether oxygens (including phenoxy) is 2. The molecule has 1 saturated heterocycles. The molecule has 0 aliphatic carbocycles. The molecule has 1 aliphatic rings. The number of aryl methyl sites for hydroxylation is 1. The lowest BCUT2D eigenvalue weighted by molar-refractivity contribution is -0.262. The van der Waals surface area contributed by atoms with Crippen LogP contribution in [0, 0.1) is 5.92 Å². The Hall–Kier alpha value is -1.73. The number of fused-ring (bicyclic) bond motifs is 1. The minimum Gasteiger partial charge on any atom is -0.369 e. The van der Waals surface area contributed by atoms with Crippen molar-refractivity contribution in [2.75, 3.05) is 18.9 Å². The van der Waals surface area contributed by atoms with Crippen LogP contribution in [-0.2, 0) is 16.0 Å². The highest BCUT2D eigenvalue weighted by molar-refractivity contribution is 5.72. The third-order valence-electron chi connectivity index (χ3n) is 3.53. The summed E-state index contributed by atoms with van der Waals surface area (Å²) in [5.41, 5.74) is 7.43. The zero-order valence-corrected chi connectivity index (χ0v) is 11.7. The summed E-state index contributed by atoms with van der Waals surface area (Å²) in [6.07, 6.45) is 4.09. The van der Waals surface area contributed by atoms with Crippen LogP contribution in [0.4, 0.5) is 5.95 Å². The minimum absolute atomic E-state index is 0.363. The first-order chi connectivity index (χ1) is 9.55. The summed E-state index contributed by atoms with van der Waals surface area (Å²) in [6.45, 7) is 6.02. The van der Waals surface area contributed by atoms with Crippen LogP contribution in [0.2, 0.25) is 0 Å². The molecule has 0 amide bonds. The van der Waals surface area contributed by atoms with Crippen molar-refractivity contribution in [2.24, 2.45) is 5.92 Å². The maximum absolute atomic E-state index is 5.93. The van der Waals surface area contributed by atoms with Crippen LogP contribution in [0.25, 0.3) is 11.2 Å². The summed E-state index contributed by atoms with van der Waals surface area (Å²) in [6, 6.07) is 0. The van der Waals surface area contributed by atoms with Crippen LogP contribution in [0.15, 0.2) is 12.5 Å². The number of nitrogens with two attached hydrogens (primary N) is 1. The molecule has 0 radical (unpaired) electrons. The van der Waals surface area contributed by atoms with E-state index in [9.17, 15) is 0 Å². The molecular weight excluding hydrogens is 258 g/mol. The van der Waals surface area contributed by atoms with Crippen LogP contribution >= 0.6 is 0 Å². The standard InChI is InChI=1S/C13H19N5O2/c1-13(2)19-6-9(7-20-13)3-4-18-11-10(17-12(18)14)5-15-8-16-11/h5,8-9H,3-4,6-7H2,1-2H3,(H2,14,17). The molecule has 2 N–H and O–H groups in total. The lowest BCUT2D eigenvalue weighted by Gasteiger charge is -2.35. The van der Waals surface area contributed by atoms with Gasteiger partial charge in [0.15, 0.2) is 11.4 Å². The summed E-state index contributed by atoms with van der Waals surface area (Å²) in [4.78, 5) is 12.4. The van der Waals surface area contributed by atoms with Gasteiger partial charge in [-0.05, 0) is 20.3 Å². The van der Waals surface area contributed by atoms with E-state index in [1.165, 1.54) is 6.33 Å². The van der Waals surface area contributed by atoms with Gasteiger partial charge in [0.1, 0.15) is 11.8 Å². The fourth-order valence-electron chi connectivity index (χ4n) is 2.32. The molecule has 7 heteroatoms. The van der Waals surface area contributed by atoms with E-state index in [0.717, 1.165) is 24.1 Å². The van der Waals surface area contributed by atoms with Crippen molar-refractivity contribution in [1.82, 2.24) is 19.5 Å². The zero-order chi connectivity index (χ0) is 14.2. The number of hydrogen-bond acceptors (Lipinski definition) is 6. The van der Waals surface area contributed by atoms with E-state index in [1.807, 2.05) is 18.4 Å². The Morgan fingerprint density at radius 2 is 2.15 bits per heavy atom. The molecule has 108 valence electrons. The quantitative estimate of drug-likeness (QED) is 0.906. The highest BCUT2D eigenvalue weighted by Crippen LogP contribution is 2.23. The number of imidazole rings is 1. The average molecular weight is 277 g/mol. The second-order valence-corrected chi connectivity index (χ2v) is 5.53. The van der Waals surface area contributed by atoms with E-state index >= 15 is 0 Å². The van der Waals surface area contributed by atoms with Crippen LogP contribution in [0.3, 0.4) is 0 Å². The molecule has 3 heterocycles. The Morgan fingerprint density at radius 3 is 2.90 bits per heavy atom. The molecule has 0 aromatic carbocycles. The number of nitrogens with zero attached hydrogens (tertiary/aromatic N) is 4. The Bertz CT molecular complexity index is 600. The van der Waals surface area contributed by atoms with Gasteiger partial charge in [0, 0.05) is 12.5 Å². The number of hydrogen-bond donors (Lipinski definition) is 1. The van der Waals surface area contributed by atoms with Crippen molar-refractivity contribution < 1.29 is 9.47 Å². The molecule has 2 aromatic rings. The Balaban J connectivity index is 1.67. The fraction of sp³-hybridized carbons (Fsp3) is 0.615. The predicted octanol–water partition coefficient (Wildman–Crippen LogP) is 1.20. The Kier molecular flexibility index (Phi) is 3.31. The van der Waals surface area contributed by atoms with Gasteiger partial charge in [-0.15, -0.1) is 0 Å². The van der Waals surface area contributed by atoms with Crippen molar-refractivity contribution in [3.63, 3.8) is 0 Å². The third kappa shape index (κ3) is 2.59. The number of aromatic nitrogens is 4. The van der Waals surface area contributed by atoms with E-state index in [2.05, 4.69) is 15.0 Å². The maximum Gasteiger partial charge on any atom is 0.202 e. The van der Waals surface area contributed by atoms with Gasteiger partial charge in [-0.1, -0.05) is 0 Å². The Morgan fingerprint density at radius 1 is 1.40 bits per heavy atom. The Labute approximate surface area is 117 Å². The molecule has 0 unspecified atom stereocenters. The first-order valence-electron chi connectivity index (χ1n) is 6.75. The van der Waals surface area contributed by atoms with Crippen molar-refractivity contribution in [2.45, 2.75) is 32.6 Å². The van der Waals surface area contributed by atoms with E-state index in [4.69, 9.17) is 15.2 Å². The summed E-state index contributed by atoms with van der Waals surface area (Å²) in [5.74, 6) is 0.366. The van der Waals surface area contributed by atoms with Crippen molar-refractivity contribution >= 4 is 17.1 Å². The number of anilines is 1. The van der Waals surface area contributed by atoms with Gasteiger partial charge in [0.05, 0.1) is 19.4 Å². The van der Waals surface area contributed by atoms with Crippen molar-refractivity contribution in [3.8, 4) is 0 Å². The van der Waals surface area contributed by atoms with Gasteiger partial charge in [0.25, 0.3) is 0 Å². The van der Waals surface area contributed by atoms with Gasteiger partial charge >= 0.3 is 0 Å². The van der Waals surface area contributed by atoms with Crippen LogP contribution < -0.4 is 5.73 Å². The fourth-order valence-corrected chi connectivity index (χ4v) is 2.32. The van der Waals surface area contributed by atoms with E-state index in [-0.39, 0.29) is 0 Å². The normalized spacial score (nSPS) is 19.5. The largest absolute Gasteiger partial charge is 0.369 e. The number of rotatable bonds is 3. The van der Waals surface area contributed by atoms with Crippen LogP contribution in [0.1, 0.15) is 20.3 Å². The smallest absolute Gasteiger partial charge is 0.202 e. The summed E-state index contributed by atoms with van der Waals surface area (Å²) in [5, 5.41) is 0. The van der Waals surface area contributed by atoms with Crippen molar-refractivity contribution in [1.29, 1.82) is 0 Å². The summed E-state index contributed by atoms with van der Waals surface area (Å²) >= 11 is 0. The highest BCUT2D eigenvalue weighted by Gasteiger charge is 2.28. The second-order valence-electron chi connectivity index (χ2n) is 5.53. The molecular formula is C13H19N5O2. The van der Waals surface area contributed by atoms with Gasteiger partial charge in [0.2, 0.25) is 5.95 Å². The second kappa shape index (κ2) is 4.99. The van der Waals surface area contributed by atoms with Gasteiger partial charge in [-0.25, -0.2) is 15.0 Å². The monoisotopic (exact) mass is 277 g/mol. The molecule has 3 rings (SSSR count). The highest BCUT2D eigenvalue weighted by atomic mass is 16.7. The molecule has 0 spiro atoms. The zero-order valence-electron chi connectivity index (χ0n) is 11.7. The third-order valence-corrected chi connectivity index (χ3v) is 3.53. The molecule has 20 heavy (non-hydrogen) atoms. The lowest BCUT2D eigenvalue weighted by Crippen LogP contribution is -2.39. The van der Waals surface area contributed by atoms with E-state index < -0.39 is 5.79 Å². The van der Waals surface area contributed by atoms with Gasteiger partial charge in [-0.2, -0.15) is 0 Å². The average Bonchev–Trinajstić information content (AvgIpc) is 2.73. The van der Waals surface area contributed by atoms with Crippen LogP contribution in [0.5, 0.6) is 0 Å². The lowest BCUT2D eigenvalue weighted by atomic mass is 10.1. The van der Waals surface area contributed by atoms with Crippen molar-refractivity contribution in [3.05, 3.63) is 12.5 Å². The first-order valence-corrected chi connectivity index (χ1v) is 6.75. The van der Waals surface area contributed by atoms with E-state index in [0.29, 0.717) is 25.1 Å². The molecule has 0 saturated carbocycles. The molecule has 7 nitrogen and oxygen atoms in total. The molecule has 1 fully saturated rings. The molecule has 0 atom stereocenters. The van der Waals surface area contributed by atoms with Crippen LogP contribution in [-0.4, -0.2) is 38.5 Å². The maximum atomic E-state index is 5.93. The predicted molar refractivity (Wildman–Crippen MR) is 73.8 cm³/mol.